The van der Waals surface area contributed by atoms with Gasteiger partial charge in [0.2, 0.25) is 0 Å². The number of amides is 1. The molecule has 0 aliphatic heterocycles. The minimum absolute atomic E-state index is 0.259. The summed E-state index contributed by atoms with van der Waals surface area (Å²) >= 11 is 6.15. The second-order valence-corrected chi connectivity index (χ2v) is 12.9. The Morgan fingerprint density at radius 1 is 1.36 bits per heavy atom. The van der Waals surface area contributed by atoms with E-state index in [0.29, 0.717) is 17.0 Å². The summed E-state index contributed by atoms with van der Waals surface area (Å²) in [6.07, 6.45) is 1.14. The molecule has 0 aliphatic carbocycles. The highest BCUT2D eigenvalue weighted by atomic mass is 35.5. The first-order valence-electron chi connectivity index (χ1n) is 7.91. The molecule has 0 unspecified atom stereocenters. The van der Waals surface area contributed by atoms with E-state index in [0.717, 1.165) is 0 Å². The number of hydrogen-bond donors (Lipinski definition) is 0. The molecule has 2 aromatic heterocycles. The van der Waals surface area contributed by atoms with Gasteiger partial charge in [-0.2, -0.15) is 9.61 Å². The highest BCUT2D eigenvalue weighted by molar-refractivity contribution is 6.83. The van der Waals surface area contributed by atoms with E-state index < -0.39 is 19.8 Å². The summed E-state index contributed by atoms with van der Waals surface area (Å²) in [5, 5.41) is 4.58. The minimum atomic E-state index is -1.54. The molecule has 6 nitrogen and oxygen atoms in total. The molecule has 0 saturated heterocycles. The summed E-state index contributed by atoms with van der Waals surface area (Å²) in [6, 6.07) is 1.57. The van der Waals surface area contributed by atoms with Crippen LogP contribution in [-0.2, 0) is 4.74 Å². The fourth-order valence-electron chi connectivity index (χ4n) is 1.92. The SMILES string of the molecule is CN(C(=O)OC(C)(C)C)c1cc(Cl)nc2c(C#C[Si](C)(C)C)cnn12. The van der Waals surface area contributed by atoms with Crippen molar-refractivity contribution in [2.24, 2.45) is 0 Å². The number of carbonyl (C=O) groups is 1. The van der Waals surface area contributed by atoms with Crippen molar-refractivity contribution < 1.29 is 9.53 Å². The van der Waals surface area contributed by atoms with Crippen LogP contribution in [0.4, 0.5) is 10.6 Å². The van der Waals surface area contributed by atoms with Gasteiger partial charge in [-0.15, -0.1) is 5.54 Å². The van der Waals surface area contributed by atoms with Crippen LogP contribution < -0.4 is 4.90 Å². The lowest BCUT2D eigenvalue weighted by atomic mass is 10.2. The molecule has 0 atom stereocenters. The van der Waals surface area contributed by atoms with Gasteiger partial charge in [-0.1, -0.05) is 37.2 Å². The number of ether oxygens (including phenoxy) is 1. The Bertz CT molecular complexity index is 869. The van der Waals surface area contributed by atoms with Gasteiger partial charge in [0.05, 0.1) is 11.8 Å². The van der Waals surface area contributed by atoms with Crippen molar-refractivity contribution in [2.75, 3.05) is 11.9 Å². The zero-order valence-corrected chi connectivity index (χ0v) is 17.4. The molecule has 0 saturated carbocycles. The average molecular weight is 379 g/mol. The summed E-state index contributed by atoms with van der Waals surface area (Å²) in [7, 11) is 0.0676. The zero-order chi connectivity index (χ0) is 19.0. The molecular formula is C17H23ClN4O2Si. The number of rotatable bonds is 1. The molecule has 8 heteroatoms. The van der Waals surface area contributed by atoms with E-state index in [2.05, 4.69) is 41.2 Å². The molecule has 0 spiro atoms. The van der Waals surface area contributed by atoms with Gasteiger partial charge in [0.25, 0.3) is 0 Å². The predicted molar refractivity (Wildman–Crippen MR) is 103 cm³/mol. The summed E-state index contributed by atoms with van der Waals surface area (Å²) in [4.78, 5) is 18.0. The van der Waals surface area contributed by atoms with E-state index in [4.69, 9.17) is 16.3 Å². The summed E-state index contributed by atoms with van der Waals surface area (Å²) in [5.74, 6) is 3.60. The van der Waals surface area contributed by atoms with Crippen LogP contribution in [0.3, 0.4) is 0 Å². The maximum atomic E-state index is 12.4. The molecular weight excluding hydrogens is 356 g/mol. The Morgan fingerprint density at radius 3 is 2.56 bits per heavy atom. The van der Waals surface area contributed by atoms with Crippen LogP contribution in [0.1, 0.15) is 26.3 Å². The van der Waals surface area contributed by atoms with Gasteiger partial charge >= 0.3 is 6.09 Å². The van der Waals surface area contributed by atoms with Crippen molar-refractivity contribution >= 4 is 37.2 Å². The van der Waals surface area contributed by atoms with Gasteiger partial charge < -0.3 is 4.74 Å². The van der Waals surface area contributed by atoms with Gasteiger partial charge in [0.1, 0.15) is 24.6 Å². The summed E-state index contributed by atoms with van der Waals surface area (Å²) in [6.45, 7) is 11.9. The molecule has 134 valence electrons. The maximum absolute atomic E-state index is 12.4. The quantitative estimate of drug-likeness (QED) is 0.427. The minimum Gasteiger partial charge on any atom is -0.443 e. The van der Waals surface area contributed by atoms with Crippen molar-refractivity contribution in [3.63, 3.8) is 0 Å². The van der Waals surface area contributed by atoms with Gasteiger partial charge in [0.15, 0.2) is 5.65 Å². The first-order chi connectivity index (χ1) is 11.4. The third-order valence-corrected chi connectivity index (χ3v) is 4.07. The molecule has 2 rings (SSSR count). The largest absolute Gasteiger partial charge is 0.443 e. The van der Waals surface area contributed by atoms with E-state index in [1.165, 1.54) is 4.90 Å². The van der Waals surface area contributed by atoms with Crippen molar-refractivity contribution in [3.05, 3.63) is 23.0 Å². The first kappa shape index (κ1) is 19.3. The van der Waals surface area contributed by atoms with E-state index >= 15 is 0 Å². The van der Waals surface area contributed by atoms with Crippen LogP contribution in [-0.4, -0.2) is 41.4 Å². The highest BCUT2D eigenvalue weighted by Crippen LogP contribution is 2.22. The fraction of sp³-hybridized carbons (Fsp3) is 0.471. The van der Waals surface area contributed by atoms with E-state index in [1.54, 1.807) is 23.8 Å². The summed E-state index contributed by atoms with van der Waals surface area (Å²) < 4.78 is 6.95. The number of anilines is 1. The molecule has 25 heavy (non-hydrogen) atoms. The normalized spacial score (nSPS) is 11.8. The number of nitrogens with zero attached hydrogens (tertiary/aromatic N) is 4. The highest BCUT2D eigenvalue weighted by Gasteiger charge is 2.23. The Labute approximate surface area is 154 Å². The van der Waals surface area contributed by atoms with Crippen LogP contribution >= 0.6 is 11.6 Å². The standard InChI is InChI=1S/C17H23ClN4O2Si/c1-17(2,3)24-16(23)21(4)14-10-13(18)20-15-12(11-19-22(14)15)8-9-25(5,6)7/h10-11H,1-7H3. The third-order valence-electron chi connectivity index (χ3n) is 3.00. The van der Waals surface area contributed by atoms with Crippen LogP contribution in [0.25, 0.3) is 5.65 Å². The maximum Gasteiger partial charge on any atom is 0.415 e. The van der Waals surface area contributed by atoms with E-state index in [9.17, 15) is 4.79 Å². The van der Waals surface area contributed by atoms with Crippen LogP contribution in [0.2, 0.25) is 24.8 Å². The lowest BCUT2D eigenvalue weighted by molar-refractivity contribution is 0.0587. The first-order valence-corrected chi connectivity index (χ1v) is 11.8. The van der Waals surface area contributed by atoms with Crippen molar-refractivity contribution in [3.8, 4) is 11.5 Å². The second kappa shape index (κ2) is 6.69. The summed E-state index contributed by atoms with van der Waals surface area (Å²) in [5.41, 5.74) is 3.89. The molecule has 0 N–H and O–H groups in total. The predicted octanol–water partition coefficient (Wildman–Crippen LogP) is 3.98. The van der Waals surface area contributed by atoms with Gasteiger partial charge in [0, 0.05) is 13.1 Å². The Morgan fingerprint density at radius 2 is 2.00 bits per heavy atom. The van der Waals surface area contributed by atoms with Gasteiger partial charge in [-0.25, -0.2) is 9.78 Å². The molecule has 2 heterocycles. The van der Waals surface area contributed by atoms with Gasteiger partial charge in [-0.05, 0) is 20.8 Å². The number of fused-ring (bicyclic) bond motifs is 1. The number of hydrogen-bond acceptors (Lipinski definition) is 4. The Hall–Kier alpha value is -2.04. The van der Waals surface area contributed by atoms with E-state index in [-0.39, 0.29) is 5.15 Å². The smallest absolute Gasteiger partial charge is 0.415 e. The molecule has 2 aromatic rings. The van der Waals surface area contributed by atoms with Crippen LogP contribution in [0.5, 0.6) is 0 Å². The zero-order valence-electron chi connectivity index (χ0n) is 15.6. The molecule has 0 aliphatic rings. The average Bonchev–Trinajstić information content (AvgIpc) is 2.83. The second-order valence-electron chi connectivity index (χ2n) is 7.77. The van der Waals surface area contributed by atoms with Crippen molar-refractivity contribution in [1.29, 1.82) is 0 Å². The van der Waals surface area contributed by atoms with Crippen LogP contribution in [0.15, 0.2) is 12.3 Å². The van der Waals surface area contributed by atoms with Crippen LogP contribution in [0, 0.1) is 11.5 Å². The van der Waals surface area contributed by atoms with Crippen molar-refractivity contribution in [1.82, 2.24) is 14.6 Å². The molecule has 0 bridgehead atoms. The molecule has 0 fully saturated rings. The Balaban J connectivity index is 2.50. The Kier molecular flexibility index (Phi) is 5.16. The molecule has 0 aromatic carbocycles. The number of aromatic nitrogens is 3. The number of halogens is 1. The monoisotopic (exact) mass is 378 g/mol. The van der Waals surface area contributed by atoms with E-state index in [1.807, 2.05) is 20.8 Å². The third kappa shape index (κ3) is 4.97. The fourth-order valence-corrected chi connectivity index (χ4v) is 2.61. The van der Waals surface area contributed by atoms with Gasteiger partial charge in [-0.3, -0.25) is 4.90 Å². The topological polar surface area (TPSA) is 59.7 Å². The van der Waals surface area contributed by atoms with Crippen molar-refractivity contribution in [2.45, 2.75) is 46.0 Å². The lowest BCUT2D eigenvalue weighted by Gasteiger charge is -2.24. The molecule has 1 amide bonds. The number of carbonyl (C=O) groups excluding carboxylic acids is 1. The molecule has 0 radical (unpaired) electrons. The lowest BCUT2D eigenvalue weighted by Crippen LogP contribution is -2.35.